The number of thiophene rings is 1. The third kappa shape index (κ3) is 6.96. The Labute approximate surface area is 239 Å². The summed E-state index contributed by atoms with van der Waals surface area (Å²) in [6, 6.07) is 10.9. The molecule has 8 nitrogen and oxygen atoms in total. The molecule has 3 aromatic rings. The Morgan fingerprint density at radius 2 is 1.77 bits per heavy atom. The van der Waals surface area contributed by atoms with E-state index in [2.05, 4.69) is 16.5 Å². The van der Waals surface area contributed by atoms with Gasteiger partial charge >= 0.3 is 12.0 Å². The Hall–Kier alpha value is -3.43. The summed E-state index contributed by atoms with van der Waals surface area (Å²) >= 11 is 1.56. The minimum absolute atomic E-state index is 0. The van der Waals surface area contributed by atoms with Gasteiger partial charge in [0.2, 0.25) is 0 Å². The van der Waals surface area contributed by atoms with E-state index in [1.165, 1.54) is 12.0 Å². The van der Waals surface area contributed by atoms with Gasteiger partial charge in [0.05, 0.1) is 31.1 Å². The van der Waals surface area contributed by atoms with E-state index in [0.29, 0.717) is 30.9 Å². The van der Waals surface area contributed by atoms with Crippen molar-refractivity contribution in [3.63, 3.8) is 0 Å². The van der Waals surface area contributed by atoms with E-state index in [0.717, 1.165) is 54.1 Å². The average Bonchev–Trinajstić information content (AvgIpc) is 3.63. The van der Waals surface area contributed by atoms with Crippen molar-refractivity contribution in [3.05, 3.63) is 81.2 Å². The Morgan fingerprint density at radius 3 is 2.41 bits per heavy atom. The Kier molecular flexibility index (Phi) is 10.9. The first-order valence-corrected chi connectivity index (χ1v) is 13.9. The molecule has 4 rings (SSSR count). The quantitative estimate of drug-likeness (QED) is 0.148. The van der Waals surface area contributed by atoms with Crippen LogP contribution in [0.5, 0.6) is 0 Å². The van der Waals surface area contributed by atoms with Crippen LogP contribution in [0.2, 0.25) is 0 Å². The second-order valence-corrected chi connectivity index (χ2v) is 10.3. The van der Waals surface area contributed by atoms with Crippen LogP contribution in [-0.2, 0) is 29.0 Å². The number of urea groups is 1. The highest BCUT2D eigenvalue weighted by Gasteiger charge is 2.40. The lowest BCUT2D eigenvalue weighted by molar-refractivity contribution is -0.123. The van der Waals surface area contributed by atoms with Gasteiger partial charge in [0.1, 0.15) is 11.5 Å². The van der Waals surface area contributed by atoms with Gasteiger partial charge in [-0.15, -0.1) is 23.7 Å². The third-order valence-corrected chi connectivity index (χ3v) is 7.43. The highest BCUT2D eigenvalue weighted by Crippen LogP contribution is 2.28. The molecule has 208 valence electrons. The molecule has 0 bridgehead atoms. The summed E-state index contributed by atoms with van der Waals surface area (Å²) in [5.74, 6) is 0.265. The lowest BCUT2D eigenvalue weighted by Crippen LogP contribution is -2.33. The van der Waals surface area contributed by atoms with Crippen LogP contribution in [0.15, 0.2) is 53.7 Å². The van der Waals surface area contributed by atoms with Gasteiger partial charge in [-0.3, -0.25) is 14.6 Å². The number of imide groups is 1. The van der Waals surface area contributed by atoms with Crippen LogP contribution in [0.1, 0.15) is 71.8 Å². The molecule has 39 heavy (non-hydrogen) atoms. The average molecular weight is 571 g/mol. The molecule has 1 aliphatic heterocycles. The predicted molar refractivity (Wildman–Crippen MR) is 155 cm³/mol. The summed E-state index contributed by atoms with van der Waals surface area (Å²) in [6.07, 6.45) is 8.05. The van der Waals surface area contributed by atoms with Gasteiger partial charge in [-0.2, -0.15) is 0 Å². The number of amides is 3. The monoisotopic (exact) mass is 570 g/mol. The van der Waals surface area contributed by atoms with E-state index >= 15 is 0 Å². The highest BCUT2D eigenvalue weighted by atomic mass is 35.5. The summed E-state index contributed by atoms with van der Waals surface area (Å²) in [5, 5.41) is 1.97. The number of esters is 1. The van der Waals surface area contributed by atoms with Gasteiger partial charge in [0.15, 0.2) is 0 Å². The molecular weight excluding hydrogens is 536 g/mol. The van der Waals surface area contributed by atoms with Crippen LogP contribution in [0.25, 0.3) is 6.08 Å². The molecule has 0 atom stereocenters. The molecule has 2 aromatic heterocycles. The number of benzene rings is 1. The Bertz CT molecular complexity index is 1300. The summed E-state index contributed by atoms with van der Waals surface area (Å²) in [4.78, 5) is 47.3. The van der Waals surface area contributed by atoms with Crippen LogP contribution in [-0.4, -0.2) is 50.9 Å². The molecule has 1 saturated heterocycles. The van der Waals surface area contributed by atoms with Crippen molar-refractivity contribution in [2.75, 3.05) is 13.7 Å². The number of aromatic nitrogens is 2. The molecule has 1 aliphatic rings. The first-order chi connectivity index (χ1) is 18.5. The topological polar surface area (TPSA) is 84.7 Å². The predicted octanol–water partition coefficient (Wildman–Crippen LogP) is 6.15. The number of aryl methyl sites for hydroxylation is 1. The van der Waals surface area contributed by atoms with Gasteiger partial charge < -0.3 is 9.30 Å². The number of imidazole rings is 1. The SMILES string of the molecule is CCCCc1ncc(/C=C2/C(=O)N(CCCC)C(=O)N2Cc2cccs2)n1Cc1ccc(C(=O)OC)cc1.Cl. The maximum atomic E-state index is 13.5. The molecule has 0 N–H and O–H groups in total. The molecule has 3 amide bonds. The van der Waals surface area contributed by atoms with Crippen molar-refractivity contribution >= 4 is 47.7 Å². The van der Waals surface area contributed by atoms with Gasteiger partial charge in [-0.1, -0.05) is 44.9 Å². The largest absolute Gasteiger partial charge is 0.465 e. The number of hydrogen-bond donors (Lipinski definition) is 0. The number of unbranched alkanes of at least 4 members (excludes halogenated alkanes) is 2. The van der Waals surface area contributed by atoms with Crippen molar-refractivity contribution in [2.45, 2.75) is 59.0 Å². The standard InChI is InChI=1S/C29H34N4O4S.ClH/c1-4-6-10-26-30-18-23(32(26)19-21-11-13-22(14-12-21)28(35)37-3)17-25-27(34)31(15-7-5-2)29(36)33(25)20-24-9-8-16-38-24;/h8-9,11-14,16-18H,4-7,10,15,19-20H2,1-3H3;1H/b25-17-;. The number of hydrogen-bond acceptors (Lipinski definition) is 6. The molecule has 10 heteroatoms. The first-order valence-electron chi connectivity index (χ1n) is 13.1. The zero-order valence-corrected chi connectivity index (χ0v) is 24.2. The van der Waals surface area contributed by atoms with Crippen molar-refractivity contribution < 1.29 is 19.1 Å². The zero-order chi connectivity index (χ0) is 27.1. The Morgan fingerprint density at radius 1 is 1.03 bits per heavy atom. The first kappa shape index (κ1) is 30.1. The van der Waals surface area contributed by atoms with Crippen LogP contribution in [0.3, 0.4) is 0 Å². The summed E-state index contributed by atoms with van der Waals surface area (Å²) in [7, 11) is 1.36. The minimum Gasteiger partial charge on any atom is -0.465 e. The fourth-order valence-electron chi connectivity index (χ4n) is 4.40. The highest BCUT2D eigenvalue weighted by molar-refractivity contribution is 7.09. The molecule has 0 unspecified atom stereocenters. The minimum atomic E-state index is -0.379. The number of ether oxygens (including phenoxy) is 1. The lowest BCUT2D eigenvalue weighted by Gasteiger charge is -2.16. The molecule has 0 aliphatic carbocycles. The third-order valence-electron chi connectivity index (χ3n) is 6.57. The van der Waals surface area contributed by atoms with Crippen LogP contribution >= 0.6 is 23.7 Å². The summed E-state index contributed by atoms with van der Waals surface area (Å²) in [6.45, 7) is 5.45. The number of carbonyl (C=O) groups excluding carboxylic acids is 3. The normalized spacial score (nSPS) is 14.3. The number of methoxy groups -OCH3 is 1. The number of nitrogens with zero attached hydrogens (tertiary/aromatic N) is 4. The van der Waals surface area contributed by atoms with Gasteiger partial charge in [-0.25, -0.2) is 14.6 Å². The Balaban J connectivity index is 0.00000420. The van der Waals surface area contributed by atoms with Crippen molar-refractivity contribution in [3.8, 4) is 0 Å². The second kappa shape index (κ2) is 14.1. The zero-order valence-electron chi connectivity index (χ0n) is 22.6. The molecule has 0 saturated carbocycles. The second-order valence-electron chi connectivity index (χ2n) is 9.27. The van der Waals surface area contributed by atoms with Gasteiger partial charge in [0.25, 0.3) is 5.91 Å². The molecular formula is C29H35ClN4O4S. The molecule has 0 spiro atoms. The van der Waals surface area contributed by atoms with Crippen LogP contribution in [0, 0.1) is 0 Å². The van der Waals surface area contributed by atoms with E-state index in [4.69, 9.17) is 4.74 Å². The number of rotatable bonds is 12. The molecule has 3 heterocycles. The maximum Gasteiger partial charge on any atom is 0.337 e. The lowest BCUT2D eigenvalue weighted by atomic mass is 10.1. The molecule has 1 aromatic carbocycles. The number of carbonyl (C=O) groups is 3. The fraction of sp³-hybridized carbons (Fsp3) is 0.379. The van der Waals surface area contributed by atoms with Gasteiger partial charge in [0, 0.05) is 24.4 Å². The molecule has 0 radical (unpaired) electrons. The van der Waals surface area contributed by atoms with E-state index < -0.39 is 0 Å². The van der Waals surface area contributed by atoms with Crippen molar-refractivity contribution in [1.82, 2.24) is 19.4 Å². The van der Waals surface area contributed by atoms with Crippen LogP contribution < -0.4 is 0 Å². The van der Waals surface area contributed by atoms with E-state index in [1.54, 1.807) is 40.6 Å². The van der Waals surface area contributed by atoms with Crippen LogP contribution in [0.4, 0.5) is 4.79 Å². The molecule has 1 fully saturated rings. The maximum absolute atomic E-state index is 13.5. The summed E-state index contributed by atoms with van der Waals surface area (Å²) < 4.78 is 6.90. The fourth-order valence-corrected chi connectivity index (χ4v) is 5.09. The van der Waals surface area contributed by atoms with E-state index in [1.807, 2.05) is 36.6 Å². The smallest absolute Gasteiger partial charge is 0.337 e. The van der Waals surface area contributed by atoms with Crippen molar-refractivity contribution in [2.24, 2.45) is 0 Å². The van der Waals surface area contributed by atoms with Crippen molar-refractivity contribution in [1.29, 1.82) is 0 Å². The van der Waals surface area contributed by atoms with E-state index in [9.17, 15) is 14.4 Å². The number of halogens is 1. The summed E-state index contributed by atoms with van der Waals surface area (Å²) in [5.41, 5.74) is 2.60. The van der Waals surface area contributed by atoms with Gasteiger partial charge in [-0.05, 0) is 48.1 Å². The van der Waals surface area contributed by atoms with E-state index in [-0.39, 0.29) is 30.3 Å².